The molecule has 1 aliphatic rings. The first kappa shape index (κ1) is 15.8. The maximum atomic E-state index is 11.1. The number of hydrogen-bond acceptors (Lipinski definition) is 8. The highest BCUT2D eigenvalue weighted by Crippen LogP contribution is 2.22. The highest BCUT2D eigenvalue weighted by atomic mass is 32.1. The Hall–Kier alpha value is -2.04. The van der Waals surface area contributed by atoms with Crippen LogP contribution in [0, 0.1) is 4.64 Å². The van der Waals surface area contributed by atoms with Crippen molar-refractivity contribution in [3.05, 3.63) is 21.8 Å². The zero-order valence-corrected chi connectivity index (χ0v) is 14.2. The summed E-state index contributed by atoms with van der Waals surface area (Å²) in [6.07, 6.45) is 1.44. The second kappa shape index (κ2) is 6.60. The second-order valence-electron chi connectivity index (χ2n) is 5.26. The first-order valence-corrected chi connectivity index (χ1v) is 8.31. The van der Waals surface area contributed by atoms with Crippen LogP contribution in [0.25, 0.3) is 0 Å². The van der Waals surface area contributed by atoms with E-state index in [1.54, 1.807) is 0 Å². The first-order valence-electron chi connectivity index (χ1n) is 7.09. The molecule has 1 saturated heterocycles. The number of amides is 1. The number of carbonyl (C=O) groups is 1. The number of hydrogen-bond donors (Lipinski definition) is 3. The van der Waals surface area contributed by atoms with Crippen LogP contribution in [0.15, 0.2) is 12.3 Å². The van der Waals surface area contributed by atoms with E-state index in [2.05, 4.69) is 37.1 Å². The predicted molar refractivity (Wildman–Crippen MR) is 93.0 cm³/mol. The molecule has 0 bridgehead atoms. The van der Waals surface area contributed by atoms with E-state index in [0.717, 1.165) is 32.0 Å². The van der Waals surface area contributed by atoms with Crippen molar-refractivity contribution >= 4 is 46.4 Å². The van der Waals surface area contributed by atoms with Gasteiger partial charge in [0.15, 0.2) is 5.13 Å². The smallest absolute Gasteiger partial charge is 0.260 e. The summed E-state index contributed by atoms with van der Waals surface area (Å²) in [5.41, 5.74) is 5.23. The van der Waals surface area contributed by atoms with Gasteiger partial charge in [-0.2, -0.15) is 0 Å². The van der Waals surface area contributed by atoms with E-state index in [0.29, 0.717) is 20.6 Å². The Morgan fingerprint density at radius 3 is 2.83 bits per heavy atom. The van der Waals surface area contributed by atoms with E-state index >= 15 is 0 Å². The zero-order chi connectivity index (χ0) is 16.4. The van der Waals surface area contributed by atoms with Gasteiger partial charge in [0, 0.05) is 32.2 Å². The monoisotopic (exact) mass is 351 g/mol. The van der Waals surface area contributed by atoms with E-state index < -0.39 is 5.91 Å². The van der Waals surface area contributed by atoms with Gasteiger partial charge in [-0.05, 0) is 7.05 Å². The minimum Gasteiger partial charge on any atom is -0.365 e. The number of nitrogens with zero attached hydrogens (tertiary/aromatic N) is 4. The summed E-state index contributed by atoms with van der Waals surface area (Å²) in [4.78, 5) is 27.6. The van der Waals surface area contributed by atoms with Crippen LogP contribution in [0.1, 0.15) is 9.67 Å². The van der Waals surface area contributed by atoms with Crippen LogP contribution < -0.4 is 16.0 Å². The molecule has 8 nitrogen and oxygen atoms in total. The topological polar surface area (TPSA) is 103 Å². The number of piperazine rings is 1. The molecule has 3 heterocycles. The molecule has 10 heteroatoms. The van der Waals surface area contributed by atoms with Crippen LogP contribution in [0.2, 0.25) is 0 Å². The number of nitrogens with two attached hydrogens (primary N) is 1. The number of anilines is 3. The molecule has 0 unspecified atom stereocenters. The van der Waals surface area contributed by atoms with Crippen molar-refractivity contribution in [1.82, 2.24) is 19.9 Å². The Kier molecular flexibility index (Phi) is 4.55. The van der Waals surface area contributed by atoms with Gasteiger partial charge in [-0.15, -0.1) is 0 Å². The third kappa shape index (κ3) is 3.84. The molecule has 0 spiro atoms. The Morgan fingerprint density at radius 2 is 2.17 bits per heavy atom. The summed E-state index contributed by atoms with van der Waals surface area (Å²) in [5.74, 6) is 0.923. The van der Waals surface area contributed by atoms with E-state index in [-0.39, 0.29) is 0 Å². The van der Waals surface area contributed by atoms with Gasteiger partial charge in [-0.1, -0.05) is 23.6 Å². The SMILES string of the molecule is CN1CCN(c2cc(=S)nc(Nc3ncc(C(N)=O)s3)[nH]2)CC1. The fourth-order valence-electron chi connectivity index (χ4n) is 2.27. The maximum absolute atomic E-state index is 11.1. The van der Waals surface area contributed by atoms with Gasteiger partial charge in [0.25, 0.3) is 5.91 Å². The van der Waals surface area contributed by atoms with Gasteiger partial charge >= 0.3 is 0 Å². The summed E-state index contributed by atoms with van der Waals surface area (Å²) in [5, 5.41) is 3.57. The number of carbonyl (C=O) groups excluding carboxylic acids is 1. The Balaban J connectivity index is 1.79. The second-order valence-corrected chi connectivity index (χ2v) is 6.71. The van der Waals surface area contributed by atoms with Crippen molar-refractivity contribution in [2.24, 2.45) is 5.73 Å². The number of aromatic amines is 1. The normalized spacial score (nSPS) is 15.6. The van der Waals surface area contributed by atoms with Crippen molar-refractivity contribution < 1.29 is 4.79 Å². The van der Waals surface area contributed by atoms with Gasteiger partial charge in [-0.3, -0.25) is 4.79 Å². The molecule has 0 aromatic carbocycles. The van der Waals surface area contributed by atoms with Crippen LogP contribution >= 0.6 is 23.6 Å². The molecule has 1 fully saturated rings. The van der Waals surface area contributed by atoms with Crippen molar-refractivity contribution in [3.63, 3.8) is 0 Å². The van der Waals surface area contributed by atoms with Crippen molar-refractivity contribution in [2.45, 2.75) is 0 Å². The van der Waals surface area contributed by atoms with Crippen LogP contribution in [-0.4, -0.2) is 59.0 Å². The lowest BCUT2D eigenvalue weighted by molar-refractivity contribution is 0.100. The van der Waals surface area contributed by atoms with E-state index in [1.165, 1.54) is 17.5 Å². The number of primary amides is 1. The van der Waals surface area contributed by atoms with Crippen molar-refractivity contribution in [3.8, 4) is 0 Å². The molecular formula is C13H17N7OS2. The lowest BCUT2D eigenvalue weighted by Crippen LogP contribution is -2.44. The molecular weight excluding hydrogens is 334 g/mol. The molecule has 1 aliphatic heterocycles. The Morgan fingerprint density at radius 1 is 1.43 bits per heavy atom. The molecule has 2 aromatic heterocycles. The van der Waals surface area contributed by atoms with Gasteiger partial charge < -0.3 is 25.8 Å². The number of rotatable bonds is 4. The largest absolute Gasteiger partial charge is 0.365 e. The minimum atomic E-state index is -0.498. The Labute approximate surface area is 142 Å². The predicted octanol–water partition coefficient (Wildman–Crippen LogP) is 1.19. The maximum Gasteiger partial charge on any atom is 0.260 e. The molecule has 0 atom stereocenters. The summed E-state index contributed by atoms with van der Waals surface area (Å²) in [7, 11) is 2.11. The Bertz CT molecular complexity index is 764. The fraction of sp³-hybridized carbons (Fsp3) is 0.385. The van der Waals surface area contributed by atoms with Gasteiger partial charge in [0.05, 0.1) is 6.20 Å². The average molecular weight is 351 g/mol. The fourth-order valence-corrected chi connectivity index (χ4v) is 3.14. The highest BCUT2D eigenvalue weighted by molar-refractivity contribution is 7.71. The lowest BCUT2D eigenvalue weighted by Gasteiger charge is -2.33. The minimum absolute atomic E-state index is 0.390. The van der Waals surface area contributed by atoms with E-state index in [1.807, 2.05) is 6.07 Å². The molecule has 3 rings (SSSR count). The zero-order valence-electron chi connectivity index (χ0n) is 12.6. The van der Waals surface area contributed by atoms with Crippen LogP contribution in [0.5, 0.6) is 0 Å². The molecule has 0 radical (unpaired) electrons. The molecule has 0 aliphatic carbocycles. The van der Waals surface area contributed by atoms with Crippen molar-refractivity contribution in [1.29, 1.82) is 0 Å². The molecule has 23 heavy (non-hydrogen) atoms. The number of H-pyrrole nitrogens is 1. The lowest BCUT2D eigenvalue weighted by atomic mass is 10.3. The highest BCUT2D eigenvalue weighted by Gasteiger charge is 2.16. The standard InChI is InChI=1S/C13H17N7OS2/c1-19-2-4-20(5-3-19)9-6-10(22)17-12(16-9)18-13-15-7-8(23-13)11(14)21/h6-7H,2-5H2,1H3,(H2,14,21)(H2,15,16,17,18,22). The third-order valence-corrected chi connectivity index (χ3v) is 4.68. The summed E-state index contributed by atoms with van der Waals surface area (Å²) in [6, 6.07) is 1.85. The average Bonchev–Trinajstić information content (AvgIpc) is 2.96. The van der Waals surface area contributed by atoms with Crippen LogP contribution in [-0.2, 0) is 0 Å². The molecule has 4 N–H and O–H groups in total. The molecule has 122 valence electrons. The van der Waals surface area contributed by atoms with Gasteiger partial charge in [0.1, 0.15) is 15.3 Å². The first-order chi connectivity index (χ1) is 11.0. The summed E-state index contributed by atoms with van der Waals surface area (Å²) in [6.45, 7) is 3.85. The summed E-state index contributed by atoms with van der Waals surface area (Å²) < 4.78 is 0.492. The molecule has 0 saturated carbocycles. The summed E-state index contributed by atoms with van der Waals surface area (Å²) >= 11 is 6.42. The van der Waals surface area contributed by atoms with E-state index in [4.69, 9.17) is 18.0 Å². The van der Waals surface area contributed by atoms with Crippen LogP contribution in [0.3, 0.4) is 0 Å². The third-order valence-electron chi connectivity index (χ3n) is 3.55. The van der Waals surface area contributed by atoms with Crippen LogP contribution in [0.4, 0.5) is 16.9 Å². The number of aromatic nitrogens is 3. The number of likely N-dealkylation sites (N-methyl/N-ethyl adjacent to an activating group) is 1. The van der Waals surface area contributed by atoms with Gasteiger partial charge in [-0.25, -0.2) is 9.97 Å². The van der Waals surface area contributed by atoms with Gasteiger partial charge in [0.2, 0.25) is 5.95 Å². The van der Waals surface area contributed by atoms with E-state index in [9.17, 15) is 4.79 Å². The van der Waals surface area contributed by atoms with Crippen molar-refractivity contribution in [2.75, 3.05) is 43.4 Å². The number of nitrogens with one attached hydrogen (secondary N) is 2. The number of thiazole rings is 1. The molecule has 2 aromatic rings. The molecule has 1 amide bonds. The quantitative estimate of drug-likeness (QED) is 0.711.